The van der Waals surface area contributed by atoms with Crippen molar-refractivity contribution in [2.75, 3.05) is 13.1 Å². The minimum atomic E-state index is -0.726. The lowest BCUT2D eigenvalue weighted by molar-refractivity contribution is -0.00203. The molecular weight excluding hydrogens is 430 g/mol. The molecule has 3 heterocycles. The summed E-state index contributed by atoms with van der Waals surface area (Å²) in [5, 5.41) is 18.2. The molecule has 1 fully saturated rings. The Labute approximate surface area is 199 Å². The van der Waals surface area contributed by atoms with E-state index in [1.54, 1.807) is 30.3 Å². The van der Waals surface area contributed by atoms with Crippen molar-refractivity contribution in [3.8, 4) is 0 Å². The van der Waals surface area contributed by atoms with E-state index in [0.717, 1.165) is 23.4 Å². The molecule has 1 amide bonds. The second-order valence-electron chi connectivity index (χ2n) is 9.53. The fourth-order valence-electron chi connectivity index (χ4n) is 4.26. The number of aliphatic hydroxyl groups is 1. The van der Waals surface area contributed by atoms with Gasteiger partial charge in [-0.15, -0.1) is 10.2 Å². The third-order valence-electron chi connectivity index (χ3n) is 6.60. The van der Waals surface area contributed by atoms with Gasteiger partial charge in [-0.1, -0.05) is 31.2 Å². The molecule has 1 aromatic carbocycles. The van der Waals surface area contributed by atoms with E-state index in [4.69, 9.17) is 0 Å². The van der Waals surface area contributed by atoms with Crippen molar-refractivity contribution >= 4 is 11.7 Å². The molecule has 34 heavy (non-hydrogen) atoms. The molecule has 178 valence electrons. The first-order valence-electron chi connectivity index (χ1n) is 11.6. The van der Waals surface area contributed by atoms with Gasteiger partial charge in [-0.25, -0.2) is 0 Å². The molecule has 0 bridgehead atoms. The number of hydrogen-bond donors (Lipinski definition) is 1. The maximum absolute atomic E-state index is 13.0. The first-order valence-corrected chi connectivity index (χ1v) is 11.6. The van der Waals surface area contributed by atoms with Crippen LogP contribution in [0.4, 0.5) is 0 Å². The predicted molar refractivity (Wildman–Crippen MR) is 128 cm³/mol. The van der Waals surface area contributed by atoms with Gasteiger partial charge in [-0.3, -0.25) is 14.6 Å². The molecule has 4 rings (SSSR count). The van der Waals surface area contributed by atoms with Crippen LogP contribution in [0.2, 0.25) is 0 Å². The minimum Gasteiger partial charge on any atom is -0.390 e. The summed E-state index contributed by atoms with van der Waals surface area (Å²) in [5.74, 6) is 0.875. The highest BCUT2D eigenvalue weighted by Crippen LogP contribution is 2.23. The molecule has 0 saturated carbocycles. The highest BCUT2D eigenvalue weighted by Gasteiger charge is 2.30. The molecule has 8 heteroatoms. The first-order chi connectivity index (χ1) is 16.2. The van der Waals surface area contributed by atoms with Crippen LogP contribution in [-0.4, -0.2) is 60.1 Å². The highest BCUT2D eigenvalue weighted by molar-refractivity contribution is 6.00. The molecule has 0 unspecified atom stereocenters. The summed E-state index contributed by atoms with van der Waals surface area (Å²) in [5.41, 5.74) is 2.05. The lowest BCUT2D eigenvalue weighted by atomic mass is 9.93. The molecule has 1 aliphatic heterocycles. The Bertz CT molecular complexity index is 1180. The fourth-order valence-corrected chi connectivity index (χ4v) is 4.26. The van der Waals surface area contributed by atoms with E-state index >= 15 is 0 Å². The van der Waals surface area contributed by atoms with Crippen LogP contribution < -0.4 is 0 Å². The number of aryl methyl sites for hydroxylation is 1. The van der Waals surface area contributed by atoms with E-state index in [1.807, 2.05) is 29.8 Å². The number of carbonyl (C=O) groups is 2. The van der Waals surface area contributed by atoms with Gasteiger partial charge in [0, 0.05) is 44.7 Å². The van der Waals surface area contributed by atoms with Crippen molar-refractivity contribution in [1.29, 1.82) is 0 Å². The Morgan fingerprint density at radius 3 is 2.65 bits per heavy atom. The molecule has 1 N–H and O–H groups in total. The summed E-state index contributed by atoms with van der Waals surface area (Å²) < 4.78 is 1.91. The zero-order chi connectivity index (χ0) is 24.3. The number of pyridine rings is 1. The van der Waals surface area contributed by atoms with Crippen LogP contribution in [0.1, 0.15) is 70.4 Å². The topological polar surface area (TPSA) is 101 Å². The second kappa shape index (κ2) is 9.85. The molecular formula is C26H31N5O3. The summed E-state index contributed by atoms with van der Waals surface area (Å²) in [6.45, 7) is 4.92. The standard InChI is InChI=1S/C26H31N5O3/c1-18(13-24-29-28-17-30(24)3)20-6-4-5-19(14-20)15-23(32)22-16-21(7-10-27-22)25(33)31-11-8-26(2,34)9-12-31/h4-7,10,14,16-18,34H,8-9,11-13,15H2,1-3H3/t18-/m1/s1. The van der Waals surface area contributed by atoms with E-state index in [9.17, 15) is 14.7 Å². The maximum atomic E-state index is 13.0. The van der Waals surface area contributed by atoms with E-state index in [1.165, 1.54) is 6.20 Å². The molecule has 1 aliphatic rings. The number of benzene rings is 1. The zero-order valence-electron chi connectivity index (χ0n) is 19.9. The van der Waals surface area contributed by atoms with Crippen molar-refractivity contribution in [3.63, 3.8) is 0 Å². The van der Waals surface area contributed by atoms with Crippen LogP contribution in [-0.2, 0) is 19.9 Å². The molecule has 1 atom stereocenters. The zero-order valence-corrected chi connectivity index (χ0v) is 19.9. The number of likely N-dealkylation sites (tertiary alicyclic amines) is 1. The van der Waals surface area contributed by atoms with Crippen LogP contribution in [0.5, 0.6) is 0 Å². The summed E-state index contributed by atoms with van der Waals surface area (Å²) in [7, 11) is 1.93. The lowest BCUT2D eigenvalue weighted by Crippen LogP contribution is -2.45. The summed E-state index contributed by atoms with van der Waals surface area (Å²) in [6, 6.07) is 11.2. The van der Waals surface area contributed by atoms with Crippen LogP contribution in [0, 0.1) is 0 Å². The van der Waals surface area contributed by atoms with Gasteiger partial charge < -0.3 is 14.6 Å². The van der Waals surface area contributed by atoms with Crippen LogP contribution in [0.15, 0.2) is 48.9 Å². The molecule has 1 saturated heterocycles. The van der Waals surface area contributed by atoms with Crippen molar-refractivity contribution in [1.82, 2.24) is 24.6 Å². The third kappa shape index (κ3) is 5.56. The Morgan fingerprint density at radius 1 is 1.18 bits per heavy atom. The normalized spacial score (nSPS) is 16.3. The number of nitrogens with zero attached hydrogens (tertiary/aromatic N) is 5. The highest BCUT2D eigenvalue weighted by atomic mass is 16.3. The van der Waals surface area contributed by atoms with Crippen molar-refractivity contribution < 1.29 is 14.7 Å². The predicted octanol–water partition coefficient (Wildman–Crippen LogP) is 2.97. The average Bonchev–Trinajstić information content (AvgIpc) is 3.23. The number of amides is 1. The molecule has 8 nitrogen and oxygen atoms in total. The van der Waals surface area contributed by atoms with Crippen molar-refractivity contribution in [2.24, 2.45) is 7.05 Å². The van der Waals surface area contributed by atoms with Crippen LogP contribution >= 0.6 is 0 Å². The van der Waals surface area contributed by atoms with Gasteiger partial charge in [0.2, 0.25) is 0 Å². The molecule has 2 aromatic heterocycles. The van der Waals surface area contributed by atoms with Gasteiger partial charge in [0.15, 0.2) is 5.78 Å². The summed E-state index contributed by atoms with van der Waals surface area (Å²) >= 11 is 0. The largest absolute Gasteiger partial charge is 0.390 e. The van der Waals surface area contributed by atoms with Gasteiger partial charge in [0.25, 0.3) is 5.91 Å². The van der Waals surface area contributed by atoms with Gasteiger partial charge in [-0.2, -0.15) is 0 Å². The number of ketones is 1. The van der Waals surface area contributed by atoms with Gasteiger partial charge in [0.1, 0.15) is 17.8 Å². The number of carbonyl (C=O) groups excluding carboxylic acids is 2. The third-order valence-corrected chi connectivity index (χ3v) is 6.60. The minimum absolute atomic E-state index is 0.130. The second-order valence-corrected chi connectivity index (χ2v) is 9.53. The van der Waals surface area contributed by atoms with E-state index in [-0.39, 0.29) is 29.7 Å². The van der Waals surface area contributed by atoms with E-state index in [0.29, 0.717) is 31.5 Å². The fraction of sp³-hybridized carbons (Fsp3) is 0.423. The lowest BCUT2D eigenvalue weighted by Gasteiger charge is -2.35. The Hall–Kier alpha value is -3.39. The molecule has 0 aliphatic carbocycles. The Morgan fingerprint density at radius 2 is 1.94 bits per heavy atom. The number of aromatic nitrogens is 4. The van der Waals surface area contributed by atoms with E-state index < -0.39 is 5.60 Å². The Balaban J connectivity index is 1.42. The Kier molecular flexibility index (Phi) is 6.88. The number of Topliss-reactive ketones (excluding diaryl/α,β-unsaturated/α-hetero) is 1. The number of rotatable bonds is 7. The maximum Gasteiger partial charge on any atom is 0.253 e. The average molecular weight is 462 g/mol. The van der Waals surface area contributed by atoms with Crippen molar-refractivity contribution in [2.45, 2.75) is 51.0 Å². The summed E-state index contributed by atoms with van der Waals surface area (Å²) in [4.78, 5) is 31.9. The van der Waals surface area contributed by atoms with Gasteiger partial charge >= 0.3 is 0 Å². The quantitative estimate of drug-likeness (QED) is 0.543. The molecule has 3 aromatic rings. The smallest absolute Gasteiger partial charge is 0.253 e. The monoisotopic (exact) mass is 461 g/mol. The number of piperidine rings is 1. The van der Waals surface area contributed by atoms with E-state index in [2.05, 4.69) is 28.2 Å². The van der Waals surface area contributed by atoms with Gasteiger partial charge in [0.05, 0.1) is 5.60 Å². The SMILES string of the molecule is C[C@H](Cc1nncn1C)c1cccc(CC(=O)c2cc(C(=O)N3CCC(C)(O)CC3)ccn2)c1. The number of hydrogen-bond acceptors (Lipinski definition) is 6. The van der Waals surface area contributed by atoms with Crippen molar-refractivity contribution in [3.05, 3.63) is 77.1 Å². The summed E-state index contributed by atoms with van der Waals surface area (Å²) in [6.07, 6.45) is 5.26. The van der Waals surface area contributed by atoms with Crippen LogP contribution in [0.3, 0.4) is 0 Å². The van der Waals surface area contributed by atoms with Gasteiger partial charge in [-0.05, 0) is 48.9 Å². The van der Waals surface area contributed by atoms with Crippen LogP contribution in [0.25, 0.3) is 0 Å². The molecule has 0 spiro atoms. The first kappa shape index (κ1) is 23.8. The molecule has 0 radical (unpaired) electrons.